The third kappa shape index (κ3) is 3.54. The van der Waals surface area contributed by atoms with Gasteiger partial charge in [0, 0.05) is 24.7 Å². The number of H-pyrrole nitrogens is 1. The second-order valence-corrected chi connectivity index (χ2v) is 6.69. The van der Waals surface area contributed by atoms with Crippen molar-refractivity contribution in [3.8, 4) is 0 Å². The smallest absolute Gasteiger partial charge is 0.342 e. The largest absolute Gasteiger partial charge is 0.435 e. The van der Waals surface area contributed by atoms with Crippen LogP contribution in [0.4, 0.5) is 13.2 Å². The van der Waals surface area contributed by atoms with Crippen LogP contribution in [0.1, 0.15) is 30.3 Å². The highest BCUT2D eigenvalue weighted by atomic mass is 19.4. The van der Waals surface area contributed by atoms with E-state index in [9.17, 15) is 18.0 Å². The maximum atomic E-state index is 12.7. The number of aromatic amines is 1. The van der Waals surface area contributed by atoms with Gasteiger partial charge >= 0.3 is 6.18 Å². The molecule has 0 radical (unpaired) electrons. The van der Waals surface area contributed by atoms with Crippen LogP contribution in [-0.4, -0.2) is 43.9 Å². The van der Waals surface area contributed by atoms with Crippen LogP contribution < -0.4 is 0 Å². The number of carbonyl (C=O) groups excluding carboxylic acids is 1. The molecule has 1 aliphatic rings. The quantitative estimate of drug-likeness (QED) is 0.762. The Hall–Kier alpha value is -2.84. The fraction of sp³-hybridized carbons (Fsp3) is 0.389. The molecule has 4 rings (SSSR count). The third-order valence-corrected chi connectivity index (χ3v) is 4.96. The lowest BCUT2D eigenvalue weighted by molar-refractivity contribution is -0.141. The van der Waals surface area contributed by atoms with Crippen molar-refractivity contribution in [1.29, 1.82) is 0 Å². The molecule has 3 aromatic rings. The first-order valence-corrected chi connectivity index (χ1v) is 8.74. The minimum absolute atomic E-state index is 0.0145. The van der Waals surface area contributed by atoms with Crippen molar-refractivity contribution in [2.24, 2.45) is 0 Å². The molecular weight excluding hydrogens is 359 g/mol. The molecule has 1 amide bonds. The number of nitrogens with zero attached hydrogens (tertiary/aromatic N) is 4. The van der Waals surface area contributed by atoms with Gasteiger partial charge < -0.3 is 4.90 Å². The molecule has 0 aliphatic carbocycles. The Bertz CT molecular complexity index is 953. The molecule has 27 heavy (non-hydrogen) atoms. The molecule has 0 bridgehead atoms. The number of para-hydroxylation sites is 1. The van der Waals surface area contributed by atoms with Crippen LogP contribution >= 0.6 is 0 Å². The number of halogens is 3. The summed E-state index contributed by atoms with van der Waals surface area (Å²) in [6.45, 7) is 0.994. The lowest BCUT2D eigenvalue weighted by Gasteiger charge is -2.32. The van der Waals surface area contributed by atoms with Gasteiger partial charge in [0.1, 0.15) is 0 Å². The SMILES string of the molecule is O=C(Cc1[nH]nc2ccccc12)N1CCC(n2ccc(C(F)(F)F)n2)CC1. The molecule has 1 fully saturated rings. The van der Waals surface area contributed by atoms with Gasteiger partial charge in [-0.05, 0) is 25.0 Å². The predicted octanol–water partition coefficient (Wildman–Crippen LogP) is 3.18. The first-order valence-electron chi connectivity index (χ1n) is 8.74. The Morgan fingerprint density at radius 2 is 1.93 bits per heavy atom. The Kier molecular flexibility index (Phi) is 4.37. The monoisotopic (exact) mass is 377 g/mol. The zero-order valence-electron chi connectivity index (χ0n) is 14.4. The molecule has 0 atom stereocenters. The van der Waals surface area contributed by atoms with Gasteiger partial charge in [-0.2, -0.15) is 23.4 Å². The van der Waals surface area contributed by atoms with E-state index in [1.165, 1.54) is 10.9 Å². The Morgan fingerprint density at radius 3 is 2.63 bits per heavy atom. The van der Waals surface area contributed by atoms with E-state index in [-0.39, 0.29) is 18.4 Å². The van der Waals surface area contributed by atoms with E-state index in [1.807, 2.05) is 24.3 Å². The number of alkyl halides is 3. The number of rotatable bonds is 3. The first-order chi connectivity index (χ1) is 12.9. The highest BCUT2D eigenvalue weighted by Gasteiger charge is 2.34. The molecule has 2 aromatic heterocycles. The van der Waals surface area contributed by atoms with E-state index < -0.39 is 11.9 Å². The fourth-order valence-electron chi connectivity index (χ4n) is 3.48. The van der Waals surface area contributed by atoms with Gasteiger partial charge in [-0.25, -0.2) is 0 Å². The van der Waals surface area contributed by atoms with Crippen LogP contribution in [0.25, 0.3) is 10.9 Å². The van der Waals surface area contributed by atoms with Crippen LogP contribution in [0.3, 0.4) is 0 Å². The highest BCUT2D eigenvalue weighted by molar-refractivity contribution is 5.87. The van der Waals surface area contributed by atoms with Crippen LogP contribution in [0.2, 0.25) is 0 Å². The van der Waals surface area contributed by atoms with E-state index >= 15 is 0 Å². The Balaban J connectivity index is 1.37. The molecule has 9 heteroatoms. The molecular formula is C18H18F3N5O. The number of likely N-dealkylation sites (tertiary alicyclic amines) is 1. The van der Waals surface area contributed by atoms with Gasteiger partial charge in [0.2, 0.25) is 5.91 Å². The molecule has 0 saturated carbocycles. The number of benzene rings is 1. The molecule has 1 N–H and O–H groups in total. The molecule has 3 heterocycles. The van der Waals surface area contributed by atoms with E-state index in [2.05, 4.69) is 15.3 Å². The molecule has 1 aliphatic heterocycles. The maximum Gasteiger partial charge on any atom is 0.435 e. The minimum Gasteiger partial charge on any atom is -0.342 e. The summed E-state index contributed by atoms with van der Waals surface area (Å²) < 4.78 is 39.4. The number of hydrogen-bond donors (Lipinski definition) is 1. The van der Waals surface area contributed by atoms with Gasteiger partial charge in [-0.15, -0.1) is 0 Å². The first kappa shape index (κ1) is 17.6. The van der Waals surface area contributed by atoms with Crippen LogP contribution in [-0.2, 0) is 17.4 Å². The summed E-state index contributed by atoms with van der Waals surface area (Å²) in [7, 11) is 0. The number of carbonyl (C=O) groups is 1. The van der Waals surface area contributed by atoms with Crippen LogP contribution in [0, 0.1) is 0 Å². The van der Waals surface area contributed by atoms with E-state index in [1.54, 1.807) is 4.90 Å². The number of aromatic nitrogens is 4. The molecule has 6 nitrogen and oxygen atoms in total. The lowest BCUT2D eigenvalue weighted by atomic mass is 10.0. The van der Waals surface area contributed by atoms with E-state index in [0.717, 1.165) is 22.7 Å². The van der Waals surface area contributed by atoms with Gasteiger partial charge in [0.25, 0.3) is 0 Å². The molecule has 0 spiro atoms. The zero-order chi connectivity index (χ0) is 19.0. The predicted molar refractivity (Wildman–Crippen MR) is 91.9 cm³/mol. The summed E-state index contributed by atoms with van der Waals surface area (Å²) in [6.07, 6.45) is -1.69. The number of nitrogens with one attached hydrogen (secondary N) is 1. The number of piperidine rings is 1. The summed E-state index contributed by atoms with van der Waals surface area (Å²) in [6, 6.07) is 8.45. The molecule has 142 valence electrons. The van der Waals surface area contributed by atoms with Gasteiger partial charge in [0.15, 0.2) is 5.69 Å². The normalized spacial score (nSPS) is 16.2. The molecule has 1 aromatic carbocycles. The maximum absolute atomic E-state index is 12.7. The number of fused-ring (bicyclic) bond motifs is 1. The number of hydrogen-bond acceptors (Lipinski definition) is 3. The number of amides is 1. The third-order valence-electron chi connectivity index (χ3n) is 4.96. The van der Waals surface area contributed by atoms with Crippen molar-refractivity contribution in [2.45, 2.75) is 31.5 Å². The summed E-state index contributed by atoms with van der Waals surface area (Å²) in [5.74, 6) is -0.0145. The van der Waals surface area contributed by atoms with Crippen molar-refractivity contribution in [3.63, 3.8) is 0 Å². The van der Waals surface area contributed by atoms with Crippen molar-refractivity contribution in [2.75, 3.05) is 13.1 Å². The minimum atomic E-state index is -4.44. The van der Waals surface area contributed by atoms with E-state index in [0.29, 0.717) is 25.9 Å². The fourth-order valence-corrected chi connectivity index (χ4v) is 3.48. The second kappa shape index (κ2) is 6.71. The van der Waals surface area contributed by atoms with Crippen LogP contribution in [0.15, 0.2) is 36.5 Å². The summed E-state index contributed by atoms with van der Waals surface area (Å²) in [5, 5.41) is 11.7. The van der Waals surface area contributed by atoms with Crippen molar-refractivity contribution in [3.05, 3.63) is 47.9 Å². The van der Waals surface area contributed by atoms with Crippen molar-refractivity contribution >= 4 is 16.8 Å². The summed E-state index contributed by atoms with van der Waals surface area (Å²) in [5.41, 5.74) is 0.713. The van der Waals surface area contributed by atoms with Crippen molar-refractivity contribution < 1.29 is 18.0 Å². The highest BCUT2D eigenvalue weighted by Crippen LogP contribution is 2.29. The topological polar surface area (TPSA) is 66.8 Å². The van der Waals surface area contributed by atoms with Gasteiger partial charge in [-0.3, -0.25) is 14.6 Å². The van der Waals surface area contributed by atoms with Gasteiger partial charge in [-0.1, -0.05) is 18.2 Å². The zero-order valence-corrected chi connectivity index (χ0v) is 14.4. The summed E-state index contributed by atoms with van der Waals surface area (Å²) in [4.78, 5) is 14.3. The van der Waals surface area contributed by atoms with Gasteiger partial charge in [0.05, 0.1) is 23.7 Å². The van der Waals surface area contributed by atoms with Crippen molar-refractivity contribution in [1.82, 2.24) is 24.9 Å². The van der Waals surface area contributed by atoms with E-state index in [4.69, 9.17) is 0 Å². The molecule has 0 unspecified atom stereocenters. The second-order valence-electron chi connectivity index (χ2n) is 6.69. The average Bonchev–Trinajstić information content (AvgIpc) is 3.30. The average molecular weight is 377 g/mol. The summed E-state index contributed by atoms with van der Waals surface area (Å²) >= 11 is 0. The standard InChI is InChI=1S/C18H18F3N5O/c19-18(20,21)16-7-10-26(24-16)12-5-8-25(9-6-12)17(27)11-15-13-3-1-2-4-14(13)22-23-15/h1-4,7,10,12H,5-6,8-9,11H2,(H,22,23). The Labute approximate surface area is 153 Å². The Morgan fingerprint density at radius 1 is 1.19 bits per heavy atom. The lowest BCUT2D eigenvalue weighted by Crippen LogP contribution is -2.40. The van der Waals surface area contributed by atoms with Crippen LogP contribution in [0.5, 0.6) is 0 Å². The molecule has 1 saturated heterocycles.